The van der Waals surface area contributed by atoms with Crippen molar-refractivity contribution in [3.8, 4) is 5.88 Å². The Hall–Kier alpha value is -1.68. The molecule has 1 rings (SSSR count). The molecule has 1 aromatic rings. The number of likely N-dealkylation sites (N-methyl/N-ethyl adjacent to an activating group) is 1. The molecule has 0 aliphatic heterocycles. The van der Waals surface area contributed by atoms with Crippen LogP contribution in [-0.2, 0) is 0 Å². The maximum absolute atomic E-state index is 5.82. The largest absolute Gasteiger partial charge is 0.437 e. The number of allylic oxidation sites excluding steroid dienone is 1. The van der Waals surface area contributed by atoms with E-state index < -0.39 is 0 Å². The molecule has 0 amide bonds. The Morgan fingerprint density at radius 3 is 2.80 bits per heavy atom. The van der Waals surface area contributed by atoms with E-state index in [1.807, 2.05) is 18.2 Å². The first-order chi connectivity index (χ1) is 9.58. The number of hydrogen-bond donors (Lipinski definition) is 0. The lowest BCUT2D eigenvalue weighted by atomic mass is 10.2. The second-order valence-corrected chi connectivity index (χ2v) is 4.97. The van der Waals surface area contributed by atoms with Crippen molar-refractivity contribution in [2.75, 3.05) is 20.6 Å². The van der Waals surface area contributed by atoms with Gasteiger partial charge in [0.2, 0.25) is 5.88 Å². The minimum atomic E-state index is 0.541. The van der Waals surface area contributed by atoms with E-state index in [1.54, 1.807) is 19.5 Å². The summed E-state index contributed by atoms with van der Waals surface area (Å²) >= 11 is 0. The molecule has 110 valence electrons. The zero-order valence-corrected chi connectivity index (χ0v) is 13.1. The van der Waals surface area contributed by atoms with Crippen molar-refractivity contribution in [2.45, 2.75) is 33.2 Å². The smallest absolute Gasteiger partial charge is 0.219 e. The van der Waals surface area contributed by atoms with Gasteiger partial charge in [0.05, 0.1) is 6.21 Å². The van der Waals surface area contributed by atoms with Crippen molar-refractivity contribution >= 4 is 6.21 Å². The van der Waals surface area contributed by atoms with Crippen molar-refractivity contribution in [1.82, 2.24) is 9.88 Å². The first-order valence-electron chi connectivity index (χ1n) is 6.99. The van der Waals surface area contributed by atoms with Crippen molar-refractivity contribution in [3.05, 3.63) is 35.7 Å². The Morgan fingerprint density at radius 2 is 2.25 bits per heavy atom. The number of hydrogen-bond acceptors (Lipinski definition) is 4. The van der Waals surface area contributed by atoms with E-state index in [0.29, 0.717) is 11.9 Å². The van der Waals surface area contributed by atoms with E-state index in [9.17, 15) is 0 Å². The van der Waals surface area contributed by atoms with Gasteiger partial charge in [-0.3, -0.25) is 9.89 Å². The summed E-state index contributed by atoms with van der Waals surface area (Å²) in [5.41, 5.74) is 1.14. The molecule has 0 radical (unpaired) electrons. The van der Waals surface area contributed by atoms with E-state index >= 15 is 0 Å². The Labute approximate surface area is 122 Å². The molecule has 0 saturated heterocycles. The third-order valence-corrected chi connectivity index (χ3v) is 3.35. The molecule has 0 aliphatic carbocycles. The van der Waals surface area contributed by atoms with Crippen LogP contribution in [0.2, 0.25) is 0 Å². The fourth-order valence-electron chi connectivity index (χ4n) is 1.78. The summed E-state index contributed by atoms with van der Waals surface area (Å²) in [5, 5.41) is 0. The number of aliphatic imine (C=N–C) groups is 1. The lowest BCUT2D eigenvalue weighted by molar-refractivity contribution is 0.268. The predicted molar refractivity (Wildman–Crippen MR) is 84.4 cm³/mol. The molecule has 0 aliphatic rings. The highest BCUT2D eigenvalue weighted by molar-refractivity contribution is 5.77. The molecule has 0 spiro atoms. The van der Waals surface area contributed by atoms with Crippen molar-refractivity contribution < 1.29 is 4.74 Å². The maximum Gasteiger partial charge on any atom is 0.219 e. The molecule has 0 N–H and O–H groups in total. The van der Waals surface area contributed by atoms with Gasteiger partial charge in [0.1, 0.15) is 5.76 Å². The number of nitrogens with zero attached hydrogens (tertiary/aromatic N) is 3. The fraction of sp³-hybridized carbons (Fsp3) is 0.500. The third kappa shape index (κ3) is 5.13. The van der Waals surface area contributed by atoms with Crippen LogP contribution in [0.4, 0.5) is 0 Å². The van der Waals surface area contributed by atoms with Crippen LogP contribution in [0.5, 0.6) is 5.88 Å². The van der Waals surface area contributed by atoms with E-state index in [4.69, 9.17) is 4.74 Å². The standard InChI is InChI=1S/C16H25N3O/c1-6-14(3)19(5)12-13(2)15(11-17-4)20-16-9-7-8-10-18-16/h7-11,14H,6,12H2,1-5H3/b15-13-,17-11?/t14-/m0/s1. The highest BCUT2D eigenvalue weighted by Crippen LogP contribution is 2.13. The van der Waals surface area contributed by atoms with Crippen molar-refractivity contribution in [2.24, 2.45) is 4.99 Å². The van der Waals surface area contributed by atoms with Crippen LogP contribution < -0.4 is 4.74 Å². The number of rotatable bonds is 7. The molecule has 1 heterocycles. The maximum atomic E-state index is 5.82. The summed E-state index contributed by atoms with van der Waals surface area (Å²) in [6.07, 6.45) is 4.59. The van der Waals surface area contributed by atoms with Gasteiger partial charge >= 0.3 is 0 Å². The third-order valence-electron chi connectivity index (χ3n) is 3.35. The monoisotopic (exact) mass is 275 g/mol. The summed E-state index contributed by atoms with van der Waals surface area (Å²) < 4.78 is 5.82. The Morgan fingerprint density at radius 1 is 1.50 bits per heavy atom. The van der Waals surface area contributed by atoms with Gasteiger partial charge in [0.25, 0.3) is 0 Å². The van der Waals surface area contributed by atoms with Gasteiger partial charge in [-0.2, -0.15) is 0 Å². The molecule has 0 unspecified atom stereocenters. The molecule has 1 atom stereocenters. The molecule has 1 aromatic heterocycles. The molecule has 4 heteroatoms. The molecule has 0 bridgehead atoms. The summed E-state index contributed by atoms with van der Waals surface area (Å²) in [5.74, 6) is 1.36. The average Bonchev–Trinajstić information content (AvgIpc) is 2.46. The molecular formula is C16H25N3O. The fourth-order valence-corrected chi connectivity index (χ4v) is 1.78. The zero-order chi connectivity index (χ0) is 15.0. The molecule has 0 fully saturated rings. The van der Waals surface area contributed by atoms with Gasteiger partial charge in [-0.25, -0.2) is 4.98 Å². The topological polar surface area (TPSA) is 37.7 Å². The highest BCUT2D eigenvalue weighted by Gasteiger charge is 2.11. The molecular weight excluding hydrogens is 250 g/mol. The second kappa shape index (κ2) is 8.48. The lowest BCUT2D eigenvalue weighted by Crippen LogP contribution is -2.30. The second-order valence-electron chi connectivity index (χ2n) is 4.97. The Balaban J connectivity index is 2.85. The summed E-state index contributed by atoms with van der Waals surface area (Å²) in [6.45, 7) is 7.33. The quantitative estimate of drug-likeness (QED) is 0.566. The minimum Gasteiger partial charge on any atom is -0.437 e. The number of pyridine rings is 1. The van der Waals surface area contributed by atoms with E-state index in [2.05, 4.69) is 42.7 Å². The molecule has 4 nitrogen and oxygen atoms in total. The van der Waals surface area contributed by atoms with Crippen LogP contribution in [0.25, 0.3) is 0 Å². The Kier molecular flexibility index (Phi) is 6.94. The lowest BCUT2D eigenvalue weighted by Gasteiger charge is -2.24. The molecule has 0 saturated carbocycles. The van der Waals surface area contributed by atoms with Gasteiger partial charge < -0.3 is 4.74 Å². The van der Waals surface area contributed by atoms with Crippen LogP contribution in [0, 0.1) is 0 Å². The van der Waals surface area contributed by atoms with Gasteiger partial charge in [-0.15, -0.1) is 0 Å². The van der Waals surface area contributed by atoms with Crippen LogP contribution in [-0.4, -0.2) is 42.8 Å². The molecule has 20 heavy (non-hydrogen) atoms. The van der Waals surface area contributed by atoms with E-state index in [0.717, 1.165) is 24.3 Å². The number of ether oxygens (including phenoxy) is 1. The zero-order valence-electron chi connectivity index (χ0n) is 13.1. The van der Waals surface area contributed by atoms with Crippen LogP contribution >= 0.6 is 0 Å². The van der Waals surface area contributed by atoms with Crippen LogP contribution in [0.1, 0.15) is 27.2 Å². The van der Waals surface area contributed by atoms with Gasteiger partial charge in [0.15, 0.2) is 0 Å². The van der Waals surface area contributed by atoms with Gasteiger partial charge in [-0.1, -0.05) is 13.0 Å². The Bertz CT molecular complexity index is 454. The summed E-state index contributed by atoms with van der Waals surface area (Å²) in [4.78, 5) is 10.6. The van der Waals surface area contributed by atoms with E-state index in [-0.39, 0.29) is 0 Å². The normalized spacial score (nSPS) is 14.5. The molecule has 0 aromatic carbocycles. The van der Waals surface area contributed by atoms with Crippen LogP contribution in [0.15, 0.2) is 40.7 Å². The summed E-state index contributed by atoms with van der Waals surface area (Å²) in [6, 6.07) is 6.16. The van der Waals surface area contributed by atoms with E-state index in [1.165, 1.54) is 0 Å². The van der Waals surface area contributed by atoms with Crippen molar-refractivity contribution in [1.29, 1.82) is 0 Å². The average molecular weight is 275 g/mol. The minimum absolute atomic E-state index is 0.541. The van der Waals surface area contributed by atoms with Crippen LogP contribution in [0.3, 0.4) is 0 Å². The van der Waals surface area contributed by atoms with Gasteiger partial charge in [-0.05, 0) is 39.0 Å². The SMILES string of the molecule is CC[C@H](C)N(C)C/C(C)=C(/C=NC)Oc1ccccn1. The van der Waals surface area contributed by atoms with Gasteiger partial charge in [0, 0.05) is 31.9 Å². The first kappa shape index (κ1) is 16.4. The number of aromatic nitrogens is 1. The first-order valence-corrected chi connectivity index (χ1v) is 6.99. The van der Waals surface area contributed by atoms with Crippen molar-refractivity contribution in [3.63, 3.8) is 0 Å². The summed E-state index contributed by atoms with van der Waals surface area (Å²) in [7, 11) is 3.87. The predicted octanol–water partition coefficient (Wildman–Crippen LogP) is 3.17. The highest BCUT2D eigenvalue weighted by atomic mass is 16.5.